The summed E-state index contributed by atoms with van der Waals surface area (Å²) in [4.78, 5) is 13.2. The van der Waals surface area contributed by atoms with Gasteiger partial charge in [-0.25, -0.2) is 0 Å². The number of carbonyl (C=O) groups excluding carboxylic acids is 1. The van der Waals surface area contributed by atoms with Crippen molar-refractivity contribution in [2.24, 2.45) is 0 Å². The van der Waals surface area contributed by atoms with Crippen molar-refractivity contribution in [2.75, 3.05) is 26.0 Å². The first kappa shape index (κ1) is 18.7. The maximum Gasteiger partial charge on any atom is 0.230 e. The molecule has 0 aliphatic heterocycles. The van der Waals surface area contributed by atoms with E-state index < -0.39 is 0 Å². The minimum Gasteiger partial charge on any atom is -0.383 e. The summed E-state index contributed by atoms with van der Waals surface area (Å²) in [5.41, 5.74) is 1.30. The van der Waals surface area contributed by atoms with Gasteiger partial charge >= 0.3 is 0 Å². The van der Waals surface area contributed by atoms with Crippen molar-refractivity contribution in [1.29, 1.82) is 0 Å². The van der Waals surface area contributed by atoms with E-state index in [4.69, 9.17) is 4.74 Å². The molecule has 1 saturated carbocycles. The molecule has 0 heterocycles. The van der Waals surface area contributed by atoms with E-state index in [9.17, 15) is 4.79 Å². The van der Waals surface area contributed by atoms with E-state index in [2.05, 4.69) is 36.5 Å². The average molecular weight is 354 g/mol. The molecule has 128 valence electrons. The molecule has 2 rings (SSSR count). The molecular formula is C18H27NO2S2. The van der Waals surface area contributed by atoms with E-state index >= 15 is 0 Å². The summed E-state index contributed by atoms with van der Waals surface area (Å²) in [7, 11) is 1.65. The van der Waals surface area contributed by atoms with Crippen molar-refractivity contribution in [3.8, 4) is 0 Å². The molecule has 0 aromatic heterocycles. The van der Waals surface area contributed by atoms with E-state index in [1.807, 2.05) is 23.5 Å². The van der Waals surface area contributed by atoms with Crippen LogP contribution in [0.4, 0.5) is 0 Å². The van der Waals surface area contributed by atoms with Crippen molar-refractivity contribution >= 4 is 29.4 Å². The standard InChI is InChI=1S/C18H27NO2S2/c1-14-7-9-15(10-8-14)23-17-6-4-3-5-16(17)22-13-18(20)19-11-12-21-2/h7-10,16-17H,3-6,11-13H2,1-2H3,(H,19,20)/t16-,17-/m1/s1. The van der Waals surface area contributed by atoms with Gasteiger partial charge in [0, 0.05) is 29.0 Å². The zero-order valence-electron chi connectivity index (χ0n) is 14.0. The first-order valence-corrected chi connectivity index (χ1v) is 10.2. The first-order valence-electron chi connectivity index (χ1n) is 8.29. The van der Waals surface area contributed by atoms with Crippen LogP contribution in [0, 0.1) is 6.92 Å². The molecule has 23 heavy (non-hydrogen) atoms. The molecule has 5 heteroatoms. The summed E-state index contributed by atoms with van der Waals surface area (Å²) >= 11 is 3.80. The zero-order chi connectivity index (χ0) is 16.5. The number of benzene rings is 1. The molecule has 2 atom stereocenters. The van der Waals surface area contributed by atoms with Crippen molar-refractivity contribution in [1.82, 2.24) is 5.32 Å². The van der Waals surface area contributed by atoms with E-state index in [1.165, 1.54) is 36.1 Å². The molecule has 3 nitrogen and oxygen atoms in total. The fraction of sp³-hybridized carbons (Fsp3) is 0.611. The maximum absolute atomic E-state index is 11.9. The van der Waals surface area contributed by atoms with Crippen LogP contribution in [0.15, 0.2) is 29.2 Å². The van der Waals surface area contributed by atoms with Gasteiger partial charge in [0.05, 0.1) is 12.4 Å². The summed E-state index contributed by atoms with van der Waals surface area (Å²) in [5.74, 6) is 0.677. The molecule has 1 aromatic rings. The van der Waals surface area contributed by atoms with Gasteiger partial charge in [0.25, 0.3) is 0 Å². The van der Waals surface area contributed by atoms with E-state index in [1.54, 1.807) is 7.11 Å². The average Bonchev–Trinajstić information content (AvgIpc) is 2.56. The lowest BCUT2D eigenvalue weighted by molar-refractivity contribution is -0.118. The van der Waals surface area contributed by atoms with E-state index in [0.717, 1.165) is 0 Å². The third-order valence-electron chi connectivity index (χ3n) is 4.01. The predicted octanol–water partition coefficient (Wildman–Crippen LogP) is 3.89. The largest absolute Gasteiger partial charge is 0.383 e. The van der Waals surface area contributed by atoms with Crippen LogP contribution >= 0.6 is 23.5 Å². The number of carbonyl (C=O) groups is 1. The number of ether oxygens (including phenoxy) is 1. The van der Waals surface area contributed by atoms with Crippen LogP contribution in [0.1, 0.15) is 31.2 Å². The van der Waals surface area contributed by atoms with Gasteiger partial charge in [-0.2, -0.15) is 0 Å². The Labute approximate surface area is 148 Å². The molecule has 0 radical (unpaired) electrons. The molecule has 0 spiro atoms. The summed E-state index contributed by atoms with van der Waals surface area (Å²) < 4.78 is 4.95. The second-order valence-electron chi connectivity index (χ2n) is 5.95. The second kappa shape index (κ2) is 10.3. The van der Waals surface area contributed by atoms with Gasteiger partial charge in [-0.3, -0.25) is 4.79 Å². The number of hydrogen-bond donors (Lipinski definition) is 1. The Balaban J connectivity index is 1.81. The van der Waals surface area contributed by atoms with Crippen molar-refractivity contribution in [3.05, 3.63) is 29.8 Å². The van der Waals surface area contributed by atoms with Crippen LogP contribution in [0.3, 0.4) is 0 Å². The van der Waals surface area contributed by atoms with E-state index in [-0.39, 0.29) is 5.91 Å². The van der Waals surface area contributed by atoms with Gasteiger partial charge in [-0.1, -0.05) is 30.5 Å². The lowest BCUT2D eigenvalue weighted by Crippen LogP contribution is -2.31. The fourth-order valence-electron chi connectivity index (χ4n) is 2.71. The van der Waals surface area contributed by atoms with Crippen LogP contribution < -0.4 is 5.32 Å². The summed E-state index contributed by atoms with van der Waals surface area (Å²) in [6, 6.07) is 8.79. The maximum atomic E-state index is 11.9. The molecule has 1 aromatic carbocycles. The highest BCUT2D eigenvalue weighted by molar-refractivity contribution is 8.04. The molecule has 0 unspecified atom stereocenters. The second-order valence-corrected chi connectivity index (χ2v) is 8.49. The van der Waals surface area contributed by atoms with Crippen LogP contribution in [0.2, 0.25) is 0 Å². The molecule has 1 fully saturated rings. The number of amides is 1. The molecule has 1 aliphatic carbocycles. The topological polar surface area (TPSA) is 38.3 Å². The van der Waals surface area contributed by atoms with Crippen LogP contribution in [0.5, 0.6) is 0 Å². The highest BCUT2D eigenvalue weighted by Gasteiger charge is 2.27. The number of hydrogen-bond acceptors (Lipinski definition) is 4. The first-order chi connectivity index (χ1) is 11.2. The monoisotopic (exact) mass is 353 g/mol. The Hall–Kier alpha value is -0.650. The van der Waals surface area contributed by atoms with Gasteiger partial charge in [0.15, 0.2) is 0 Å². The molecule has 0 saturated heterocycles. The number of nitrogens with one attached hydrogen (secondary N) is 1. The lowest BCUT2D eigenvalue weighted by atomic mass is 10.00. The third kappa shape index (κ3) is 6.77. The van der Waals surface area contributed by atoms with Gasteiger partial charge in [0.1, 0.15) is 0 Å². The van der Waals surface area contributed by atoms with Gasteiger partial charge in [-0.05, 0) is 31.9 Å². The molecule has 0 bridgehead atoms. The van der Waals surface area contributed by atoms with Gasteiger partial charge < -0.3 is 10.1 Å². The molecular weight excluding hydrogens is 326 g/mol. The number of rotatable bonds is 8. The molecule has 1 N–H and O–H groups in total. The molecule has 1 aliphatic rings. The number of aryl methyl sites for hydroxylation is 1. The molecule has 1 amide bonds. The highest BCUT2D eigenvalue weighted by atomic mass is 32.2. The minimum absolute atomic E-state index is 0.122. The van der Waals surface area contributed by atoms with Gasteiger partial charge in [0.2, 0.25) is 5.91 Å². The Bertz CT molecular complexity index is 478. The summed E-state index contributed by atoms with van der Waals surface area (Å²) in [6.07, 6.45) is 5.07. The van der Waals surface area contributed by atoms with E-state index in [0.29, 0.717) is 29.4 Å². The zero-order valence-corrected chi connectivity index (χ0v) is 15.7. The van der Waals surface area contributed by atoms with Crippen LogP contribution in [-0.2, 0) is 9.53 Å². The quantitative estimate of drug-likeness (QED) is 0.720. The van der Waals surface area contributed by atoms with Crippen LogP contribution in [-0.4, -0.2) is 42.4 Å². The minimum atomic E-state index is 0.122. The van der Waals surface area contributed by atoms with Crippen molar-refractivity contribution < 1.29 is 9.53 Å². The summed E-state index contributed by atoms with van der Waals surface area (Å²) in [5, 5.41) is 4.09. The Kier molecular flexibility index (Phi) is 8.34. The Morgan fingerprint density at radius 2 is 1.91 bits per heavy atom. The highest BCUT2D eigenvalue weighted by Crippen LogP contribution is 2.39. The fourth-order valence-corrected chi connectivity index (χ4v) is 5.48. The smallest absolute Gasteiger partial charge is 0.230 e. The summed E-state index contributed by atoms with van der Waals surface area (Å²) in [6.45, 7) is 3.30. The van der Waals surface area contributed by atoms with Gasteiger partial charge in [-0.15, -0.1) is 23.5 Å². The number of methoxy groups -OCH3 is 1. The SMILES string of the molecule is COCCNC(=O)CS[C@@H]1CCCC[C@H]1Sc1ccc(C)cc1. The predicted molar refractivity (Wildman–Crippen MR) is 100 cm³/mol. The number of thioether (sulfide) groups is 2. The Morgan fingerprint density at radius 1 is 1.22 bits per heavy atom. The Morgan fingerprint density at radius 3 is 2.61 bits per heavy atom. The third-order valence-corrected chi connectivity index (χ3v) is 7.01. The van der Waals surface area contributed by atoms with Crippen LogP contribution in [0.25, 0.3) is 0 Å². The van der Waals surface area contributed by atoms with Crippen molar-refractivity contribution in [2.45, 2.75) is 48.0 Å². The van der Waals surface area contributed by atoms with Crippen molar-refractivity contribution in [3.63, 3.8) is 0 Å². The normalized spacial score (nSPS) is 21.1. The lowest BCUT2D eigenvalue weighted by Gasteiger charge is -2.30.